The molecule has 7 nitrogen and oxygen atoms in total. The molecule has 2 aromatic heterocycles. The minimum absolute atomic E-state index is 0.351. The van der Waals surface area contributed by atoms with Crippen LogP contribution in [0.2, 0.25) is 0 Å². The van der Waals surface area contributed by atoms with Gasteiger partial charge in [0.05, 0.1) is 18.9 Å². The predicted octanol–water partition coefficient (Wildman–Crippen LogP) is 4.53. The van der Waals surface area contributed by atoms with E-state index < -0.39 is 0 Å². The first-order chi connectivity index (χ1) is 16.6. The van der Waals surface area contributed by atoms with Crippen molar-refractivity contribution < 1.29 is 9.47 Å². The van der Waals surface area contributed by atoms with E-state index in [9.17, 15) is 0 Å². The summed E-state index contributed by atoms with van der Waals surface area (Å²) in [6.45, 7) is 6.16. The minimum Gasteiger partial charge on any atom is -0.494 e. The molecule has 0 aliphatic carbocycles. The highest BCUT2D eigenvalue weighted by atomic mass is 16.5. The third kappa shape index (κ3) is 5.90. The smallest absolute Gasteiger partial charge is 0.163 e. The summed E-state index contributed by atoms with van der Waals surface area (Å²) in [5.74, 6) is 2.97. The molecule has 0 N–H and O–H groups in total. The van der Waals surface area contributed by atoms with Gasteiger partial charge in [-0.05, 0) is 56.1 Å². The Balaban J connectivity index is 1.58. The van der Waals surface area contributed by atoms with E-state index in [0.717, 1.165) is 61.1 Å². The van der Waals surface area contributed by atoms with Gasteiger partial charge in [0.25, 0.3) is 0 Å². The number of anilines is 1. The molecule has 3 aromatic rings. The summed E-state index contributed by atoms with van der Waals surface area (Å²) < 4.78 is 11.3. The number of nitrogens with zero attached hydrogens (tertiary/aromatic N) is 5. The number of benzene rings is 1. The van der Waals surface area contributed by atoms with E-state index in [1.54, 1.807) is 13.3 Å². The number of ether oxygens (including phenoxy) is 2. The van der Waals surface area contributed by atoms with Crippen molar-refractivity contribution in [2.24, 2.45) is 0 Å². The summed E-state index contributed by atoms with van der Waals surface area (Å²) in [6, 6.07) is 12.5. The lowest BCUT2D eigenvalue weighted by atomic mass is 9.93. The number of pyridine rings is 1. The quantitative estimate of drug-likeness (QED) is 0.464. The van der Waals surface area contributed by atoms with Gasteiger partial charge in [-0.15, -0.1) is 0 Å². The average Bonchev–Trinajstić information content (AvgIpc) is 2.86. The molecule has 1 fully saturated rings. The van der Waals surface area contributed by atoms with Crippen LogP contribution in [0.3, 0.4) is 0 Å². The van der Waals surface area contributed by atoms with Crippen molar-refractivity contribution in [1.82, 2.24) is 19.9 Å². The topological polar surface area (TPSA) is 63.6 Å². The van der Waals surface area contributed by atoms with Gasteiger partial charge >= 0.3 is 0 Å². The third-order valence-corrected chi connectivity index (χ3v) is 6.16. The fourth-order valence-electron chi connectivity index (χ4n) is 4.51. The Kier molecular flexibility index (Phi) is 8.08. The summed E-state index contributed by atoms with van der Waals surface area (Å²) in [6.07, 6.45) is 5.86. The van der Waals surface area contributed by atoms with Crippen LogP contribution in [-0.2, 0) is 17.9 Å². The molecule has 4 rings (SSSR count). The van der Waals surface area contributed by atoms with Crippen LogP contribution in [0.15, 0.2) is 48.8 Å². The molecule has 1 atom stereocenters. The number of hydrogen-bond acceptors (Lipinski definition) is 7. The molecule has 0 saturated carbocycles. The summed E-state index contributed by atoms with van der Waals surface area (Å²) in [5.41, 5.74) is 4.42. The first kappa shape index (κ1) is 24.1. The Morgan fingerprint density at radius 2 is 2.03 bits per heavy atom. The number of methoxy groups -OCH3 is 1. The first-order valence-electron chi connectivity index (χ1n) is 12.0. The lowest BCUT2D eigenvalue weighted by Crippen LogP contribution is -2.34. The largest absolute Gasteiger partial charge is 0.494 e. The summed E-state index contributed by atoms with van der Waals surface area (Å²) in [5, 5.41) is 0. The van der Waals surface area contributed by atoms with E-state index in [1.807, 2.05) is 44.2 Å². The Labute approximate surface area is 202 Å². The molecule has 3 heterocycles. The maximum atomic E-state index is 5.93. The fourth-order valence-corrected chi connectivity index (χ4v) is 4.51. The van der Waals surface area contributed by atoms with Gasteiger partial charge in [0.1, 0.15) is 11.6 Å². The molecular formula is C27H35N5O2. The third-order valence-electron chi connectivity index (χ3n) is 6.16. The first-order valence-corrected chi connectivity index (χ1v) is 12.0. The van der Waals surface area contributed by atoms with Crippen LogP contribution in [-0.4, -0.2) is 60.8 Å². The zero-order valence-electron chi connectivity index (χ0n) is 20.7. The van der Waals surface area contributed by atoms with Gasteiger partial charge in [-0.25, -0.2) is 9.97 Å². The van der Waals surface area contributed by atoms with E-state index in [4.69, 9.17) is 19.4 Å². The van der Waals surface area contributed by atoms with Gasteiger partial charge in [0.2, 0.25) is 0 Å². The van der Waals surface area contributed by atoms with Crippen molar-refractivity contribution in [2.75, 3.05) is 45.8 Å². The second-order valence-electron chi connectivity index (χ2n) is 8.99. The zero-order chi connectivity index (χ0) is 23.9. The molecule has 180 valence electrons. The second kappa shape index (κ2) is 11.4. The summed E-state index contributed by atoms with van der Waals surface area (Å²) in [7, 11) is 5.78. The van der Waals surface area contributed by atoms with Crippen LogP contribution in [0.25, 0.3) is 11.4 Å². The van der Waals surface area contributed by atoms with Crippen molar-refractivity contribution >= 4 is 5.82 Å². The molecule has 34 heavy (non-hydrogen) atoms. The molecule has 7 heteroatoms. The Morgan fingerprint density at radius 3 is 2.76 bits per heavy atom. The van der Waals surface area contributed by atoms with Crippen molar-refractivity contribution in [1.29, 1.82) is 0 Å². The maximum absolute atomic E-state index is 5.93. The molecule has 0 radical (unpaired) electrons. The number of hydrogen-bond donors (Lipinski definition) is 0. The molecule has 0 bridgehead atoms. The number of aromatic nitrogens is 3. The van der Waals surface area contributed by atoms with Crippen LogP contribution in [0, 0.1) is 0 Å². The lowest BCUT2D eigenvalue weighted by molar-refractivity contribution is 0.183. The molecule has 1 aliphatic rings. The molecule has 1 saturated heterocycles. The van der Waals surface area contributed by atoms with Crippen molar-refractivity contribution in [3.63, 3.8) is 0 Å². The standard InChI is InChI=1S/C27H35N5O2/c1-5-34-25-11-10-20(19-33-4)14-23(25)18-32-13-7-9-22(17-32)24-15-26(31(2)3)30-27(29-24)21-8-6-12-28-16-21/h6,8,10-12,14-16,22H,5,7,9,13,17-19H2,1-4H3/t22-/m1/s1. The highest BCUT2D eigenvalue weighted by Gasteiger charge is 2.25. The SMILES string of the molecule is CCOc1ccc(COC)cc1CN1CCC[C@@H](c2cc(N(C)C)nc(-c3cccnc3)n2)C1. The monoisotopic (exact) mass is 461 g/mol. The van der Waals surface area contributed by atoms with E-state index >= 15 is 0 Å². The van der Waals surface area contributed by atoms with Crippen LogP contribution in [0.5, 0.6) is 5.75 Å². The average molecular weight is 462 g/mol. The van der Waals surface area contributed by atoms with Gasteiger partial charge in [-0.3, -0.25) is 9.88 Å². The molecule has 0 unspecified atom stereocenters. The predicted molar refractivity (Wildman–Crippen MR) is 135 cm³/mol. The maximum Gasteiger partial charge on any atom is 0.163 e. The van der Waals surface area contributed by atoms with Crippen LogP contribution < -0.4 is 9.64 Å². The second-order valence-corrected chi connectivity index (χ2v) is 8.99. The van der Waals surface area contributed by atoms with E-state index in [1.165, 1.54) is 11.1 Å². The normalized spacial score (nSPS) is 16.4. The van der Waals surface area contributed by atoms with E-state index in [-0.39, 0.29) is 0 Å². The Morgan fingerprint density at radius 1 is 1.15 bits per heavy atom. The number of piperidine rings is 1. The molecule has 1 aliphatic heterocycles. The van der Waals surface area contributed by atoms with Gasteiger partial charge in [0, 0.05) is 69.8 Å². The fraction of sp³-hybridized carbons (Fsp3) is 0.444. The Hall–Kier alpha value is -3.03. The van der Waals surface area contributed by atoms with Crippen LogP contribution in [0.4, 0.5) is 5.82 Å². The van der Waals surface area contributed by atoms with Crippen LogP contribution in [0.1, 0.15) is 42.5 Å². The van der Waals surface area contributed by atoms with Gasteiger partial charge in [0.15, 0.2) is 5.82 Å². The van der Waals surface area contributed by atoms with E-state index in [0.29, 0.717) is 19.1 Å². The molecule has 0 spiro atoms. The highest BCUT2D eigenvalue weighted by molar-refractivity contribution is 5.56. The zero-order valence-corrected chi connectivity index (χ0v) is 20.7. The summed E-state index contributed by atoms with van der Waals surface area (Å²) >= 11 is 0. The van der Waals surface area contributed by atoms with E-state index in [2.05, 4.69) is 34.1 Å². The van der Waals surface area contributed by atoms with Crippen molar-refractivity contribution in [2.45, 2.75) is 38.8 Å². The minimum atomic E-state index is 0.351. The molecule has 1 aromatic carbocycles. The summed E-state index contributed by atoms with van der Waals surface area (Å²) in [4.78, 5) is 18.6. The van der Waals surface area contributed by atoms with Gasteiger partial charge in [-0.1, -0.05) is 6.07 Å². The van der Waals surface area contributed by atoms with Gasteiger partial charge in [-0.2, -0.15) is 0 Å². The Bertz CT molecular complexity index is 1070. The molecular weight excluding hydrogens is 426 g/mol. The van der Waals surface area contributed by atoms with Crippen LogP contribution >= 0.6 is 0 Å². The lowest BCUT2D eigenvalue weighted by Gasteiger charge is -2.33. The number of likely N-dealkylation sites (tertiary alicyclic amines) is 1. The van der Waals surface area contributed by atoms with Crippen molar-refractivity contribution in [3.8, 4) is 17.1 Å². The van der Waals surface area contributed by atoms with Crippen molar-refractivity contribution in [3.05, 3.63) is 65.6 Å². The van der Waals surface area contributed by atoms with Gasteiger partial charge < -0.3 is 14.4 Å². The number of rotatable bonds is 9. The highest BCUT2D eigenvalue weighted by Crippen LogP contribution is 2.31. The molecule has 0 amide bonds.